The summed E-state index contributed by atoms with van der Waals surface area (Å²) >= 11 is 1.29. The molecule has 2 rings (SSSR count). The van der Waals surface area contributed by atoms with Gasteiger partial charge in [0.15, 0.2) is 5.82 Å². The first-order valence-corrected chi connectivity index (χ1v) is 5.44. The van der Waals surface area contributed by atoms with Crippen molar-refractivity contribution in [3.05, 3.63) is 23.5 Å². The van der Waals surface area contributed by atoms with Crippen LogP contribution in [0.3, 0.4) is 0 Å². The Morgan fingerprint density at radius 2 is 2.50 bits per heavy atom. The summed E-state index contributed by atoms with van der Waals surface area (Å²) in [6, 6.07) is 2.12. The van der Waals surface area contributed by atoms with E-state index in [1.165, 1.54) is 17.9 Å². The molecule has 1 N–H and O–H groups in total. The molecule has 0 saturated carbocycles. The number of anilines is 1. The van der Waals surface area contributed by atoms with Crippen molar-refractivity contribution in [3.8, 4) is 6.07 Å². The number of rotatable bonds is 4. The lowest BCUT2D eigenvalue weighted by molar-refractivity contribution is 0.410. The van der Waals surface area contributed by atoms with Crippen molar-refractivity contribution in [1.29, 1.82) is 5.26 Å². The highest BCUT2D eigenvalue weighted by molar-refractivity contribution is 7.10. The summed E-state index contributed by atoms with van der Waals surface area (Å²) in [5, 5.41) is 16.5. The lowest BCUT2D eigenvalue weighted by Crippen LogP contribution is -2.05. The number of hydrogen-bond donors (Lipinski definition) is 1. The van der Waals surface area contributed by atoms with Gasteiger partial charge in [0.2, 0.25) is 6.39 Å². The molecule has 82 valence electrons. The molecule has 2 aromatic rings. The van der Waals surface area contributed by atoms with E-state index in [9.17, 15) is 0 Å². The third-order valence-electron chi connectivity index (χ3n) is 2.02. The molecule has 0 radical (unpaired) electrons. The number of hydrogen-bond acceptors (Lipinski definition) is 7. The molecule has 16 heavy (non-hydrogen) atoms. The highest BCUT2D eigenvalue weighted by atomic mass is 32.1. The average molecular weight is 235 g/mol. The fraction of sp³-hybridized carbons (Fsp3) is 0.333. The van der Waals surface area contributed by atoms with Crippen LogP contribution < -0.4 is 5.32 Å². The van der Waals surface area contributed by atoms with Crippen molar-refractivity contribution < 1.29 is 4.52 Å². The monoisotopic (exact) mass is 235 g/mol. The summed E-state index contributed by atoms with van der Waals surface area (Å²) in [5.41, 5.74) is 1.37. The van der Waals surface area contributed by atoms with Gasteiger partial charge in [0.05, 0.1) is 5.69 Å². The molecule has 0 saturated heterocycles. The Morgan fingerprint density at radius 3 is 3.19 bits per heavy atom. The molecule has 0 aliphatic carbocycles. The van der Waals surface area contributed by atoms with Crippen LogP contribution >= 0.6 is 11.5 Å². The molecule has 0 aromatic carbocycles. The number of aromatic nitrogens is 3. The maximum absolute atomic E-state index is 8.91. The first kappa shape index (κ1) is 10.6. The van der Waals surface area contributed by atoms with Crippen molar-refractivity contribution >= 4 is 16.5 Å². The predicted octanol–water partition coefficient (Wildman–Crippen LogP) is 1.36. The summed E-state index contributed by atoms with van der Waals surface area (Å²) in [7, 11) is 0. The van der Waals surface area contributed by atoms with Crippen LogP contribution in [0.1, 0.15) is 17.1 Å². The maximum atomic E-state index is 8.91. The highest BCUT2D eigenvalue weighted by Gasteiger charge is 2.09. The third kappa shape index (κ3) is 2.17. The Kier molecular flexibility index (Phi) is 3.12. The topological polar surface area (TPSA) is 87.6 Å². The van der Waals surface area contributed by atoms with E-state index in [0.29, 0.717) is 24.4 Å². The molecule has 0 amide bonds. The van der Waals surface area contributed by atoms with Gasteiger partial charge in [-0.25, -0.2) is 0 Å². The van der Waals surface area contributed by atoms with Gasteiger partial charge in [-0.15, -0.1) is 0 Å². The van der Waals surface area contributed by atoms with Crippen molar-refractivity contribution in [2.75, 3.05) is 11.9 Å². The quantitative estimate of drug-likeness (QED) is 0.860. The summed E-state index contributed by atoms with van der Waals surface area (Å²) < 4.78 is 8.73. The van der Waals surface area contributed by atoms with E-state index in [1.54, 1.807) is 0 Å². The molecule has 2 heterocycles. The Morgan fingerprint density at radius 1 is 1.62 bits per heavy atom. The van der Waals surface area contributed by atoms with Crippen LogP contribution in [0.15, 0.2) is 10.9 Å². The van der Waals surface area contributed by atoms with E-state index in [2.05, 4.69) is 30.4 Å². The van der Waals surface area contributed by atoms with Crippen molar-refractivity contribution in [1.82, 2.24) is 14.5 Å². The average Bonchev–Trinajstić information content (AvgIpc) is 2.89. The van der Waals surface area contributed by atoms with Crippen LogP contribution in [0.4, 0.5) is 5.00 Å². The second-order valence-electron chi connectivity index (χ2n) is 3.11. The third-order valence-corrected chi connectivity index (χ3v) is 2.91. The molecule has 0 fully saturated rings. The van der Waals surface area contributed by atoms with Gasteiger partial charge in [-0.2, -0.15) is 14.6 Å². The molecule has 0 aliphatic heterocycles. The Bertz CT molecular complexity index is 498. The molecule has 2 aromatic heterocycles. The van der Waals surface area contributed by atoms with E-state index in [0.717, 1.165) is 10.7 Å². The standard InChI is InChI=1S/C9H9N5OS/c1-6-7(4-10)9(16-14-6)11-3-2-8-12-5-15-13-8/h5,11H,2-3H2,1H3. The van der Waals surface area contributed by atoms with E-state index < -0.39 is 0 Å². The van der Waals surface area contributed by atoms with Crippen molar-refractivity contribution in [3.63, 3.8) is 0 Å². The number of nitrogens with one attached hydrogen (secondary N) is 1. The lowest BCUT2D eigenvalue weighted by atomic mass is 10.3. The van der Waals surface area contributed by atoms with Gasteiger partial charge in [0, 0.05) is 13.0 Å². The Hall–Kier alpha value is -1.94. The van der Waals surface area contributed by atoms with Gasteiger partial charge in [-0.05, 0) is 18.5 Å². The van der Waals surface area contributed by atoms with Crippen LogP contribution in [0, 0.1) is 18.3 Å². The molecule has 0 unspecified atom stereocenters. The van der Waals surface area contributed by atoms with E-state index in [4.69, 9.17) is 5.26 Å². The van der Waals surface area contributed by atoms with E-state index in [1.807, 2.05) is 6.92 Å². The minimum absolute atomic E-state index is 0.609. The molecule has 0 spiro atoms. The zero-order valence-electron chi connectivity index (χ0n) is 8.60. The second-order valence-corrected chi connectivity index (χ2v) is 3.88. The first-order chi connectivity index (χ1) is 7.81. The highest BCUT2D eigenvalue weighted by Crippen LogP contribution is 2.22. The molecule has 0 bridgehead atoms. The van der Waals surface area contributed by atoms with E-state index in [-0.39, 0.29) is 0 Å². The Labute approximate surface area is 96.1 Å². The molecule has 7 heteroatoms. The second kappa shape index (κ2) is 4.72. The summed E-state index contributed by atoms with van der Waals surface area (Å²) in [6.45, 7) is 2.47. The van der Waals surface area contributed by atoms with Gasteiger partial charge < -0.3 is 9.84 Å². The molecule has 6 nitrogen and oxygen atoms in total. The molecular formula is C9H9N5OS. The van der Waals surface area contributed by atoms with Gasteiger partial charge in [0.25, 0.3) is 0 Å². The predicted molar refractivity (Wildman–Crippen MR) is 58.1 cm³/mol. The summed E-state index contributed by atoms with van der Waals surface area (Å²) in [4.78, 5) is 3.90. The first-order valence-electron chi connectivity index (χ1n) is 4.66. The molecule has 0 aliphatic rings. The summed E-state index contributed by atoms with van der Waals surface area (Å²) in [5.74, 6) is 0.646. The van der Waals surface area contributed by atoms with Crippen LogP contribution in [0.25, 0.3) is 0 Å². The van der Waals surface area contributed by atoms with Gasteiger partial charge in [-0.3, -0.25) is 0 Å². The Balaban J connectivity index is 1.93. The summed E-state index contributed by atoms with van der Waals surface area (Å²) in [6.07, 6.45) is 1.95. The lowest BCUT2D eigenvalue weighted by Gasteiger charge is -2.00. The van der Waals surface area contributed by atoms with Gasteiger partial charge >= 0.3 is 0 Å². The molecule has 0 atom stereocenters. The number of nitrogens with zero attached hydrogens (tertiary/aromatic N) is 4. The van der Waals surface area contributed by atoms with Gasteiger partial charge in [0.1, 0.15) is 16.6 Å². The molecular weight excluding hydrogens is 226 g/mol. The fourth-order valence-corrected chi connectivity index (χ4v) is 1.98. The van der Waals surface area contributed by atoms with Crippen molar-refractivity contribution in [2.24, 2.45) is 0 Å². The zero-order valence-corrected chi connectivity index (χ0v) is 9.41. The minimum atomic E-state index is 0.609. The van der Waals surface area contributed by atoms with Crippen LogP contribution in [0.5, 0.6) is 0 Å². The van der Waals surface area contributed by atoms with Gasteiger partial charge in [-0.1, -0.05) is 5.16 Å². The zero-order chi connectivity index (χ0) is 11.4. The van der Waals surface area contributed by atoms with Crippen LogP contribution in [-0.4, -0.2) is 21.1 Å². The smallest absolute Gasteiger partial charge is 0.213 e. The van der Waals surface area contributed by atoms with E-state index >= 15 is 0 Å². The maximum Gasteiger partial charge on any atom is 0.213 e. The largest absolute Gasteiger partial charge is 0.374 e. The SMILES string of the molecule is Cc1nsc(NCCc2ncon2)c1C#N. The van der Waals surface area contributed by atoms with Crippen LogP contribution in [-0.2, 0) is 6.42 Å². The number of nitriles is 1. The minimum Gasteiger partial charge on any atom is -0.374 e. The van der Waals surface area contributed by atoms with Crippen molar-refractivity contribution in [2.45, 2.75) is 13.3 Å². The fourth-order valence-electron chi connectivity index (χ4n) is 1.21. The normalized spacial score (nSPS) is 10.0. The number of aryl methyl sites for hydroxylation is 1. The van der Waals surface area contributed by atoms with Crippen LogP contribution in [0.2, 0.25) is 0 Å².